The molecule has 0 saturated carbocycles. The molecular formula is C22H28N4O3. The second-order valence-electron chi connectivity index (χ2n) is 7.06. The fourth-order valence-electron chi connectivity index (χ4n) is 3.39. The molecule has 0 unspecified atom stereocenters. The molecule has 0 aliphatic carbocycles. The second-order valence-corrected chi connectivity index (χ2v) is 7.06. The molecule has 29 heavy (non-hydrogen) atoms. The molecule has 3 N–H and O–H groups in total. The monoisotopic (exact) mass is 396 g/mol. The number of carbonyl (C=O) groups is 1. The van der Waals surface area contributed by atoms with E-state index in [0.29, 0.717) is 35.9 Å². The molecule has 3 rings (SSSR count). The Morgan fingerprint density at radius 3 is 2.48 bits per heavy atom. The number of hydrogen-bond acceptors (Lipinski definition) is 5. The number of nitrogen functional groups attached to an aromatic ring is 1. The SMILES string of the molecule is CCCNC(=O)N1N=C(c2ccc(N)cc2)c2cc(OC)c(OC)cc2C[C@H]1C. The molecule has 1 aliphatic heterocycles. The predicted octanol–water partition coefficient (Wildman–Crippen LogP) is 3.40. The number of ether oxygens (including phenoxy) is 2. The number of amides is 2. The van der Waals surface area contributed by atoms with Crippen LogP contribution >= 0.6 is 0 Å². The van der Waals surface area contributed by atoms with Crippen molar-refractivity contribution in [1.29, 1.82) is 0 Å². The Labute approximate surface area is 171 Å². The molecule has 0 radical (unpaired) electrons. The number of carbonyl (C=O) groups excluding carboxylic acids is 1. The number of benzene rings is 2. The average Bonchev–Trinajstić information content (AvgIpc) is 2.87. The summed E-state index contributed by atoms with van der Waals surface area (Å²) in [5, 5.41) is 9.23. The number of rotatable bonds is 5. The number of hydrogen-bond donors (Lipinski definition) is 2. The van der Waals surface area contributed by atoms with Gasteiger partial charge in [0.05, 0.1) is 26.0 Å². The Morgan fingerprint density at radius 2 is 1.86 bits per heavy atom. The predicted molar refractivity (Wildman–Crippen MR) is 115 cm³/mol. The summed E-state index contributed by atoms with van der Waals surface area (Å²) in [6, 6.07) is 11.0. The van der Waals surface area contributed by atoms with E-state index in [2.05, 4.69) is 5.32 Å². The minimum atomic E-state index is -0.209. The highest BCUT2D eigenvalue weighted by Crippen LogP contribution is 2.34. The number of nitrogens with one attached hydrogen (secondary N) is 1. The van der Waals surface area contributed by atoms with Gasteiger partial charge in [0.15, 0.2) is 11.5 Å². The standard InChI is InChI=1S/C22H28N4O3/c1-5-10-24-22(27)26-14(2)11-16-12-19(28-3)20(29-4)13-18(16)21(25-26)15-6-8-17(23)9-7-15/h6-9,12-14H,5,10-11,23H2,1-4H3,(H,24,27)/t14-/m1/s1. The third kappa shape index (κ3) is 4.29. The minimum absolute atomic E-state index is 0.130. The van der Waals surface area contributed by atoms with Gasteiger partial charge in [-0.1, -0.05) is 19.1 Å². The highest BCUT2D eigenvalue weighted by molar-refractivity contribution is 6.14. The van der Waals surface area contributed by atoms with Crippen molar-refractivity contribution in [3.05, 3.63) is 53.1 Å². The average molecular weight is 396 g/mol. The normalized spacial score (nSPS) is 15.8. The van der Waals surface area contributed by atoms with E-state index in [0.717, 1.165) is 23.1 Å². The highest BCUT2D eigenvalue weighted by Gasteiger charge is 2.28. The van der Waals surface area contributed by atoms with Crippen LogP contribution in [0.25, 0.3) is 0 Å². The third-order valence-corrected chi connectivity index (χ3v) is 4.92. The number of nitrogens with two attached hydrogens (primary N) is 1. The van der Waals surface area contributed by atoms with Crippen LogP contribution in [0.15, 0.2) is 41.5 Å². The van der Waals surface area contributed by atoms with Crippen molar-refractivity contribution in [3.8, 4) is 11.5 Å². The molecule has 0 saturated heterocycles. The summed E-state index contributed by atoms with van der Waals surface area (Å²) in [5.74, 6) is 1.27. The van der Waals surface area contributed by atoms with Gasteiger partial charge in [0.1, 0.15) is 0 Å². The van der Waals surface area contributed by atoms with E-state index in [9.17, 15) is 4.79 Å². The van der Waals surface area contributed by atoms with Crippen LogP contribution in [0.3, 0.4) is 0 Å². The molecule has 2 aromatic carbocycles. The lowest BCUT2D eigenvalue weighted by atomic mass is 9.94. The van der Waals surface area contributed by atoms with E-state index in [4.69, 9.17) is 20.3 Å². The van der Waals surface area contributed by atoms with Gasteiger partial charge in [-0.15, -0.1) is 0 Å². The molecule has 1 atom stereocenters. The van der Waals surface area contributed by atoms with Crippen molar-refractivity contribution < 1.29 is 14.3 Å². The van der Waals surface area contributed by atoms with Gasteiger partial charge in [-0.25, -0.2) is 9.80 Å². The topological polar surface area (TPSA) is 89.2 Å². The Bertz CT molecular complexity index is 909. The number of nitrogens with zero attached hydrogens (tertiary/aromatic N) is 2. The smallest absolute Gasteiger partial charge is 0.338 e. The molecule has 2 amide bonds. The zero-order chi connectivity index (χ0) is 21.0. The molecule has 7 heteroatoms. The number of hydrazone groups is 1. The van der Waals surface area contributed by atoms with Crippen molar-refractivity contribution in [1.82, 2.24) is 10.3 Å². The van der Waals surface area contributed by atoms with Gasteiger partial charge in [0, 0.05) is 23.4 Å². The van der Waals surface area contributed by atoms with Crippen LogP contribution in [0.5, 0.6) is 11.5 Å². The van der Waals surface area contributed by atoms with Crippen molar-refractivity contribution in [2.45, 2.75) is 32.7 Å². The van der Waals surface area contributed by atoms with Crippen LogP contribution in [0.4, 0.5) is 10.5 Å². The summed E-state index contributed by atoms with van der Waals surface area (Å²) in [7, 11) is 3.22. The lowest BCUT2D eigenvalue weighted by Crippen LogP contribution is -2.42. The minimum Gasteiger partial charge on any atom is -0.493 e. The van der Waals surface area contributed by atoms with Crippen LogP contribution < -0.4 is 20.5 Å². The highest BCUT2D eigenvalue weighted by atomic mass is 16.5. The summed E-state index contributed by atoms with van der Waals surface area (Å²) in [6.45, 7) is 4.61. The van der Waals surface area contributed by atoms with Crippen molar-refractivity contribution in [2.24, 2.45) is 5.10 Å². The number of anilines is 1. The molecule has 1 aliphatic rings. The third-order valence-electron chi connectivity index (χ3n) is 4.92. The first kappa shape index (κ1) is 20.5. The summed E-state index contributed by atoms with van der Waals surface area (Å²) >= 11 is 0. The quantitative estimate of drug-likeness (QED) is 0.758. The molecule has 7 nitrogen and oxygen atoms in total. The zero-order valence-corrected chi connectivity index (χ0v) is 17.4. The summed E-state index contributed by atoms with van der Waals surface area (Å²) < 4.78 is 11.0. The first-order chi connectivity index (χ1) is 14.0. The van der Waals surface area contributed by atoms with E-state index in [-0.39, 0.29) is 12.1 Å². The van der Waals surface area contributed by atoms with Crippen LogP contribution in [0.2, 0.25) is 0 Å². The number of fused-ring (bicyclic) bond motifs is 1. The molecule has 0 aromatic heterocycles. The lowest BCUT2D eigenvalue weighted by molar-refractivity contribution is 0.182. The number of urea groups is 1. The van der Waals surface area contributed by atoms with Gasteiger partial charge in [-0.05, 0) is 49.6 Å². The fourth-order valence-corrected chi connectivity index (χ4v) is 3.39. The summed E-state index contributed by atoms with van der Waals surface area (Å²) in [5.41, 5.74) is 10.0. The van der Waals surface area contributed by atoms with Crippen molar-refractivity contribution in [3.63, 3.8) is 0 Å². The fraction of sp³-hybridized carbons (Fsp3) is 0.364. The van der Waals surface area contributed by atoms with Crippen LogP contribution in [0, 0.1) is 0 Å². The van der Waals surface area contributed by atoms with Crippen LogP contribution in [0.1, 0.15) is 37.0 Å². The maximum absolute atomic E-state index is 12.8. The maximum Gasteiger partial charge on any atom is 0.338 e. The molecule has 1 heterocycles. The maximum atomic E-state index is 12.8. The zero-order valence-electron chi connectivity index (χ0n) is 17.4. The lowest BCUT2D eigenvalue weighted by Gasteiger charge is -2.23. The Morgan fingerprint density at radius 1 is 1.21 bits per heavy atom. The van der Waals surface area contributed by atoms with Gasteiger partial charge in [0.2, 0.25) is 0 Å². The van der Waals surface area contributed by atoms with Crippen molar-refractivity contribution >= 4 is 17.4 Å². The first-order valence-corrected chi connectivity index (χ1v) is 9.75. The largest absolute Gasteiger partial charge is 0.493 e. The molecule has 2 aromatic rings. The molecule has 0 fully saturated rings. The van der Waals surface area contributed by atoms with E-state index >= 15 is 0 Å². The van der Waals surface area contributed by atoms with Crippen LogP contribution in [-0.4, -0.2) is 43.6 Å². The Hall–Kier alpha value is -3.22. The van der Waals surface area contributed by atoms with Gasteiger partial charge in [0.25, 0.3) is 0 Å². The Kier molecular flexibility index (Phi) is 6.26. The van der Waals surface area contributed by atoms with E-state index in [1.165, 1.54) is 5.01 Å². The first-order valence-electron chi connectivity index (χ1n) is 9.75. The summed E-state index contributed by atoms with van der Waals surface area (Å²) in [6.07, 6.45) is 1.49. The van der Waals surface area contributed by atoms with Crippen LogP contribution in [-0.2, 0) is 6.42 Å². The summed E-state index contributed by atoms with van der Waals surface area (Å²) in [4.78, 5) is 12.8. The molecule has 154 valence electrons. The Balaban J connectivity index is 2.17. The molecule has 0 spiro atoms. The van der Waals surface area contributed by atoms with E-state index in [1.807, 2.05) is 50.2 Å². The number of methoxy groups -OCH3 is 2. The second kappa shape index (κ2) is 8.86. The van der Waals surface area contributed by atoms with Gasteiger partial charge >= 0.3 is 6.03 Å². The van der Waals surface area contributed by atoms with Gasteiger partial charge in [-0.3, -0.25) is 0 Å². The van der Waals surface area contributed by atoms with Crippen molar-refractivity contribution in [2.75, 3.05) is 26.5 Å². The molecule has 0 bridgehead atoms. The van der Waals surface area contributed by atoms with E-state index in [1.54, 1.807) is 14.2 Å². The van der Waals surface area contributed by atoms with Gasteiger partial charge in [-0.2, -0.15) is 5.10 Å². The van der Waals surface area contributed by atoms with E-state index < -0.39 is 0 Å². The van der Waals surface area contributed by atoms with Gasteiger partial charge < -0.3 is 20.5 Å². The molecular weight excluding hydrogens is 368 g/mol.